The molecule has 0 aliphatic carbocycles. The second-order valence-electron chi connectivity index (χ2n) is 5.34. The number of nitrogens with zero attached hydrogens (tertiary/aromatic N) is 1. The van der Waals surface area contributed by atoms with E-state index in [0.717, 1.165) is 6.07 Å². The van der Waals surface area contributed by atoms with Crippen LogP contribution in [0.3, 0.4) is 0 Å². The number of carbonyl (C=O) groups is 2. The highest BCUT2D eigenvalue weighted by atomic mass is 16.6. The number of methoxy groups -OCH3 is 3. The fourth-order valence-corrected chi connectivity index (χ4v) is 2.29. The maximum absolute atomic E-state index is 12.1. The number of nitro groups is 1. The molecule has 2 rings (SSSR count). The van der Waals surface area contributed by atoms with Gasteiger partial charge in [0, 0.05) is 17.8 Å². The Morgan fingerprint density at radius 2 is 1.61 bits per heavy atom. The Morgan fingerprint density at radius 3 is 2.21 bits per heavy atom. The number of hydrogen-bond donors (Lipinski definition) is 1. The highest BCUT2D eigenvalue weighted by Gasteiger charge is 2.19. The fourth-order valence-electron chi connectivity index (χ4n) is 2.29. The van der Waals surface area contributed by atoms with Crippen molar-refractivity contribution < 1.29 is 33.5 Å². The maximum Gasteiger partial charge on any atom is 0.338 e. The number of ether oxygens (including phenoxy) is 4. The molecule has 0 heterocycles. The molecule has 1 amide bonds. The van der Waals surface area contributed by atoms with Gasteiger partial charge < -0.3 is 24.3 Å². The van der Waals surface area contributed by atoms with Gasteiger partial charge in [-0.3, -0.25) is 14.9 Å². The van der Waals surface area contributed by atoms with Gasteiger partial charge >= 0.3 is 11.7 Å². The lowest BCUT2D eigenvalue weighted by Gasteiger charge is -2.11. The molecule has 0 aromatic heterocycles. The van der Waals surface area contributed by atoms with Crippen LogP contribution in [-0.2, 0) is 9.53 Å². The predicted molar refractivity (Wildman–Crippen MR) is 98.1 cm³/mol. The number of amides is 1. The number of nitro benzene ring substituents is 1. The van der Waals surface area contributed by atoms with Crippen LogP contribution in [0, 0.1) is 10.1 Å². The molecule has 10 nitrogen and oxygen atoms in total. The summed E-state index contributed by atoms with van der Waals surface area (Å²) in [5.74, 6) is -0.555. The summed E-state index contributed by atoms with van der Waals surface area (Å²) in [6.07, 6.45) is 0. The Hall–Kier alpha value is -3.82. The van der Waals surface area contributed by atoms with Gasteiger partial charge in [-0.1, -0.05) is 0 Å². The number of benzene rings is 2. The Kier molecular flexibility index (Phi) is 6.74. The van der Waals surface area contributed by atoms with E-state index in [9.17, 15) is 19.7 Å². The smallest absolute Gasteiger partial charge is 0.338 e. The minimum Gasteiger partial charge on any atom is -0.493 e. The first-order chi connectivity index (χ1) is 13.4. The molecule has 0 spiro atoms. The molecule has 28 heavy (non-hydrogen) atoms. The third-order valence-electron chi connectivity index (χ3n) is 3.61. The summed E-state index contributed by atoms with van der Waals surface area (Å²) >= 11 is 0. The number of rotatable bonds is 8. The molecule has 0 radical (unpaired) electrons. The molecule has 0 saturated heterocycles. The number of anilines is 1. The first kappa shape index (κ1) is 20.5. The molecule has 2 aromatic rings. The Morgan fingerprint density at radius 1 is 0.964 bits per heavy atom. The topological polar surface area (TPSA) is 126 Å². The molecule has 0 bridgehead atoms. The molecule has 0 atom stereocenters. The van der Waals surface area contributed by atoms with Gasteiger partial charge in [-0.05, 0) is 24.3 Å². The van der Waals surface area contributed by atoms with Crippen LogP contribution >= 0.6 is 0 Å². The standard InChI is InChI=1S/C18H18N2O8/c1-25-14-6-4-11(8-13(14)20(23)24)18(22)28-10-17(21)19-12-5-7-15(26-2)16(9-12)27-3/h4-9H,10H2,1-3H3,(H,19,21). The zero-order valence-corrected chi connectivity index (χ0v) is 15.4. The molecule has 1 N–H and O–H groups in total. The summed E-state index contributed by atoms with van der Waals surface area (Å²) in [5.41, 5.74) is -0.0445. The van der Waals surface area contributed by atoms with E-state index >= 15 is 0 Å². The summed E-state index contributed by atoms with van der Waals surface area (Å²) in [7, 11) is 4.22. The van der Waals surface area contributed by atoms with Crippen LogP contribution in [0.5, 0.6) is 17.2 Å². The van der Waals surface area contributed by atoms with Gasteiger partial charge in [0.2, 0.25) is 0 Å². The van der Waals surface area contributed by atoms with Crippen molar-refractivity contribution in [3.63, 3.8) is 0 Å². The molecule has 2 aromatic carbocycles. The van der Waals surface area contributed by atoms with Crippen LogP contribution in [0.25, 0.3) is 0 Å². The van der Waals surface area contributed by atoms with Gasteiger partial charge in [0.15, 0.2) is 23.9 Å². The second kappa shape index (κ2) is 9.21. The normalized spacial score (nSPS) is 9.96. The first-order valence-electron chi connectivity index (χ1n) is 7.91. The molecular weight excluding hydrogens is 372 g/mol. The molecule has 10 heteroatoms. The van der Waals surface area contributed by atoms with E-state index in [1.165, 1.54) is 33.5 Å². The third kappa shape index (κ3) is 4.87. The highest BCUT2D eigenvalue weighted by Crippen LogP contribution is 2.30. The molecule has 0 fully saturated rings. The monoisotopic (exact) mass is 390 g/mol. The lowest BCUT2D eigenvalue weighted by atomic mass is 10.2. The van der Waals surface area contributed by atoms with Crippen LogP contribution < -0.4 is 19.5 Å². The quantitative estimate of drug-likeness (QED) is 0.414. The van der Waals surface area contributed by atoms with Crippen molar-refractivity contribution >= 4 is 23.3 Å². The van der Waals surface area contributed by atoms with Crippen LogP contribution in [0.2, 0.25) is 0 Å². The van der Waals surface area contributed by atoms with E-state index in [1.54, 1.807) is 18.2 Å². The molecule has 148 valence electrons. The highest BCUT2D eigenvalue weighted by molar-refractivity contribution is 5.96. The summed E-state index contributed by atoms with van der Waals surface area (Å²) in [5, 5.41) is 13.6. The van der Waals surface area contributed by atoms with Crippen molar-refractivity contribution in [3.05, 3.63) is 52.1 Å². The van der Waals surface area contributed by atoms with Crippen molar-refractivity contribution in [1.29, 1.82) is 0 Å². The summed E-state index contributed by atoms with van der Waals surface area (Å²) in [6, 6.07) is 8.35. The van der Waals surface area contributed by atoms with Crippen LogP contribution in [0.1, 0.15) is 10.4 Å². The van der Waals surface area contributed by atoms with E-state index in [4.69, 9.17) is 18.9 Å². The zero-order valence-electron chi connectivity index (χ0n) is 15.4. The lowest BCUT2D eigenvalue weighted by molar-refractivity contribution is -0.385. The van der Waals surface area contributed by atoms with Crippen LogP contribution in [0.4, 0.5) is 11.4 Å². The molecular formula is C18H18N2O8. The summed E-state index contributed by atoms with van der Waals surface area (Å²) in [6.45, 7) is -0.576. The van der Waals surface area contributed by atoms with Gasteiger partial charge in [-0.15, -0.1) is 0 Å². The Bertz CT molecular complexity index is 897. The van der Waals surface area contributed by atoms with Crippen molar-refractivity contribution in [1.82, 2.24) is 0 Å². The zero-order chi connectivity index (χ0) is 20.7. The van der Waals surface area contributed by atoms with E-state index in [-0.39, 0.29) is 17.0 Å². The Balaban J connectivity index is 2.00. The SMILES string of the molecule is COc1ccc(NC(=O)COC(=O)c2ccc(OC)c([N+](=O)[O-])c2)cc1OC. The average Bonchev–Trinajstić information content (AvgIpc) is 2.71. The fraction of sp³-hybridized carbons (Fsp3) is 0.222. The van der Waals surface area contributed by atoms with Gasteiger partial charge in [0.1, 0.15) is 0 Å². The first-order valence-corrected chi connectivity index (χ1v) is 7.91. The van der Waals surface area contributed by atoms with Crippen LogP contribution in [0.15, 0.2) is 36.4 Å². The third-order valence-corrected chi connectivity index (χ3v) is 3.61. The Labute approximate surface area is 160 Å². The number of hydrogen-bond acceptors (Lipinski definition) is 8. The van der Waals surface area contributed by atoms with E-state index in [1.807, 2.05) is 0 Å². The van der Waals surface area contributed by atoms with Crippen molar-refractivity contribution in [2.75, 3.05) is 33.3 Å². The van der Waals surface area contributed by atoms with Crippen molar-refractivity contribution in [2.45, 2.75) is 0 Å². The minimum absolute atomic E-state index is 0.00717. The lowest BCUT2D eigenvalue weighted by Crippen LogP contribution is -2.21. The molecule has 0 unspecified atom stereocenters. The number of nitrogens with one attached hydrogen (secondary N) is 1. The van der Waals surface area contributed by atoms with Gasteiger partial charge in [0.25, 0.3) is 5.91 Å². The van der Waals surface area contributed by atoms with Gasteiger partial charge in [-0.2, -0.15) is 0 Å². The van der Waals surface area contributed by atoms with E-state index in [0.29, 0.717) is 17.2 Å². The number of carbonyl (C=O) groups excluding carboxylic acids is 2. The average molecular weight is 390 g/mol. The van der Waals surface area contributed by atoms with Gasteiger partial charge in [-0.25, -0.2) is 4.79 Å². The second-order valence-corrected chi connectivity index (χ2v) is 5.34. The maximum atomic E-state index is 12.1. The summed E-state index contributed by atoms with van der Waals surface area (Å²) < 4.78 is 20.0. The summed E-state index contributed by atoms with van der Waals surface area (Å²) in [4.78, 5) is 34.4. The van der Waals surface area contributed by atoms with E-state index < -0.39 is 23.4 Å². The largest absolute Gasteiger partial charge is 0.493 e. The van der Waals surface area contributed by atoms with Crippen molar-refractivity contribution in [3.8, 4) is 17.2 Å². The van der Waals surface area contributed by atoms with Gasteiger partial charge in [0.05, 0.1) is 31.8 Å². The van der Waals surface area contributed by atoms with Crippen molar-refractivity contribution in [2.24, 2.45) is 0 Å². The number of esters is 1. The molecule has 0 aliphatic heterocycles. The minimum atomic E-state index is -0.881. The molecule has 0 aliphatic rings. The molecule has 0 saturated carbocycles. The van der Waals surface area contributed by atoms with Crippen LogP contribution in [-0.4, -0.2) is 44.7 Å². The predicted octanol–water partition coefficient (Wildman–Crippen LogP) is 2.42. The van der Waals surface area contributed by atoms with E-state index in [2.05, 4.69) is 5.32 Å².